The van der Waals surface area contributed by atoms with Crippen molar-refractivity contribution in [1.29, 1.82) is 0 Å². The van der Waals surface area contributed by atoms with Gasteiger partial charge in [0, 0.05) is 32.0 Å². The van der Waals surface area contributed by atoms with Crippen LogP contribution in [-0.4, -0.2) is 63.7 Å². The predicted octanol–water partition coefficient (Wildman–Crippen LogP) is 3.22. The lowest BCUT2D eigenvalue weighted by atomic mass is 9.90. The first-order valence-electron chi connectivity index (χ1n) is 10.5. The van der Waals surface area contributed by atoms with Crippen LogP contribution in [0.3, 0.4) is 0 Å². The Morgan fingerprint density at radius 3 is 2.87 bits per heavy atom. The molecule has 0 aromatic carbocycles. The van der Waals surface area contributed by atoms with Crippen molar-refractivity contribution >= 4 is 0 Å². The molecule has 1 aliphatic rings. The summed E-state index contributed by atoms with van der Waals surface area (Å²) in [6.07, 6.45) is 3.36. The molecule has 2 aromatic rings. The molecule has 0 bridgehead atoms. The Labute approximate surface area is 176 Å². The Balaban J connectivity index is 1.75. The second kappa shape index (κ2) is 10.4. The van der Waals surface area contributed by atoms with Crippen LogP contribution < -0.4 is 5.32 Å². The van der Waals surface area contributed by atoms with E-state index in [0.717, 1.165) is 43.7 Å². The number of alkyl halides is 3. The Bertz CT molecular complexity index is 791. The Morgan fingerprint density at radius 1 is 1.30 bits per heavy atom. The molecule has 0 saturated carbocycles. The van der Waals surface area contributed by atoms with Gasteiger partial charge in [0.1, 0.15) is 0 Å². The predicted molar refractivity (Wildman–Crippen MR) is 110 cm³/mol. The lowest BCUT2D eigenvalue weighted by molar-refractivity contribution is -0.153. The highest BCUT2D eigenvalue weighted by Crippen LogP contribution is 2.35. The minimum absolute atomic E-state index is 0.149. The van der Waals surface area contributed by atoms with Gasteiger partial charge in [-0.1, -0.05) is 13.0 Å². The minimum atomic E-state index is -4.28. The molecule has 0 spiro atoms. The number of halogens is 3. The maximum Gasteiger partial charge on any atom is 0.401 e. The van der Waals surface area contributed by atoms with Crippen molar-refractivity contribution in [3.8, 4) is 0 Å². The number of pyridine rings is 1. The average Bonchev–Trinajstić information content (AvgIpc) is 3.16. The van der Waals surface area contributed by atoms with Crippen LogP contribution in [0.25, 0.3) is 0 Å². The van der Waals surface area contributed by atoms with E-state index < -0.39 is 12.7 Å². The van der Waals surface area contributed by atoms with Gasteiger partial charge in [-0.05, 0) is 44.5 Å². The molecular formula is C21H31F3N6. The summed E-state index contributed by atoms with van der Waals surface area (Å²) < 4.78 is 42.1. The van der Waals surface area contributed by atoms with Crippen LogP contribution in [0.2, 0.25) is 0 Å². The SMILES string of the molecule is CCN(CCNC)Cn1cnc(CN(CC(F)(F)F)C2CCCc3cccnc32)c1. The lowest BCUT2D eigenvalue weighted by Gasteiger charge is -2.35. The van der Waals surface area contributed by atoms with Crippen molar-refractivity contribution in [3.05, 3.63) is 47.8 Å². The van der Waals surface area contributed by atoms with Crippen LogP contribution in [0.15, 0.2) is 30.9 Å². The van der Waals surface area contributed by atoms with Crippen LogP contribution >= 0.6 is 0 Å². The first kappa shape index (κ1) is 22.7. The fourth-order valence-corrected chi connectivity index (χ4v) is 4.05. The zero-order chi connectivity index (χ0) is 21.6. The van der Waals surface area contributed by atoms with Crippen molar-refractivity contribution in [3.63, 3.8) is 0 Å². The first-order valence-corrected chi connectivity index (χ1v) is 10.5. The Kier molecular flexibility index (Phi) is 7.85. The molecule has 9 heteroatoms. The third-order valence-electron chi connectivity index (χ3n) is 5.53. The van der Waals surface area contributed by atoms with Gasteiger partial charge in [-0.3, -0.25) is 14.8 Å². The summed E-state index contributed by atoms with van der Waals surface area (Å²) in [4.78, 5) is 12.6. The number of hydrogen-bond acceptors (Lipinski definition) is 5. The second-order valence-corrected chi connectivity index (χ2v) is 7.81. The second-order valence-electron chi connectivity index (χ2n) is 7.81. The van der Waals surface area contributed by atoms with Crippen LogP contribution in [0.4, 0.5) is 13.2 Å². The van der Waals surface area contributed by atoms with Crippen molar-refractivity contribution in [2.45, 2.75) is 51.6 Å². The normalized spacial score (nSPS) is 17.0. The quantitative estimate of drug-likeness (QED) is 0.635. The minimum Gasteiger partial charge on any atom is -0.324 e. The van der Waals surface area contributed by atoms with Crippen molar-refractivity contribution < 1.29 is 13.2 Å². The maximum atomic E-state index is 13.4. The zero-order valence-electron chi connectivity index (χ0n) is 17.7. The fourth-order valence-electron chi connectivity index (χ4n) is 4.05. The van der Waals surface area contributed by atoms with E-state index in [0.29, 0.717) is 18.8 Å². The molecule has 1 unspecified atom stereocenters. The molecule has 6 nitrogen and oxygen atoms in total. The van der Waals surface area contributed by atoms with Crippen molar-refractivity contribution in [1.82, 2.24) is 29.7 Å². The molecule has 166 valence electrons. The summed E-state index contributed by atoms with van der Waals surface area (Å²) in [5, 5.41) is 3.13. The molecule has 2 heterocycles. The lowest BCUT2D eigenvalue weighted by Crippen LogP contribution is -2.38. The monoisotopic (exact) mass is 424 g/mol. The zero-order valence-corrected chi connectivity index (χ0v) is 17.7. The van der Waals surface area contributed by atoms with Gasteiger partial charge in [0.25, 0.3) is 0 Å². The molecule has 0 aliphatic heterocycles. The number of rotatable bonds is 10. The molecule has 1 N–H and O–H groups in total. The van der Waals surface area contributed by atoms with E-state index in [9.17, 15) is 13.2 Å². The number of aromatic nitrogens is 3. The first-order chi connectivity index (χ1) is 14.4. The number of fused-ring (bicyclic) bond motifs is 1. The molecule has 1 atom stereocenters. The van der Waals surface area contributed by atoms with E-state index in [1.54, 1.807) is 12.5 Å². The fraction of sp³-hybridized carbons (Fsp3) is 0.619. The van der Waals surface area contributed by atoms with Gasteiger partial charge in [-0.2, -0.15) is 13.2 Å². The van der Waals surface area contributed by atoms with Crippen molar-refractivity contribution in [2.75, 3.05) is 33.2 Å². The summed E-state index contributed by atoms with van der Waals surface area (Å²) >= 11 is 0. The van der Waals surface area contributed by atoms with Crippen molar-refractivity contribution in [2.24, 2.45) is 0 Å². The molecule has 30 heavy (non-hydrogen) atoms. The van der Waals surface area contributed by atoms with Crippen LogP contribution in [0, 0.1) is 0 Å². The highest BCUT2D eigenvalue weighted by Gasteiger charge is 2.36. The molecule has 1 aliphatic carbocycles. The van der Waals surface area contributed by atoms with Crippen LogP contribution in [-0.2, 0) is 19.6 Å². The number of hydrogen-bond donors (Lipinski definition) is 1. The van der Waals surface area contributed by atoms with Gasteiger partial charge in [0.2, 0.25) is 0 Å². The third-order valence-corrected chi connectivity index (χ3v) is 5.53. The number of nitrogens with zero attached hydrogens (tertiary/aromatic N) is 5. The van der Waals surface area contributed by atoms with E-state index in [2.05, 4.69) is 27.1 Å². The molecule has 0 radical (unpaired) electrons. The Hall–Kier alpha value is -1.97. The summed E-state index contributed by atoms with van der Waals surface area (Å²) in [5.41, 5.74) is 2.47. The number of nitrogens with one attached hydrogen (secondary N) is 1. The highest BCUT2D eigenvalue weighted by atomic mass is 19.4. The van der Waals surface area contributed by atoms with E-state index >= 15 is 0 Å². The van der Waals surface area contributed by atoms with Gasteiger partial charge in [-0.15, -0.1) is 0 Å². The van der Waals surface area contributed by atoms with Gasteiger partial charge < -0.3 is 9.88 Å². The number of aryl methyl sites for hydroxylation is 1. The van der Waals surface area contributed by atoms with E-state index in [1.807, 2.05) is 29.9 Å². The largest absolute Gasteiger partial charge is 0.401 e. The Morgan fingerprint density at radius 2 is 2.13 bits per heavy atom. The molecular weight excluding hydrogens is 393 g/mol. The molecule has 2 aromatic heterocycles. The smallest absolute Gasteiger partial charge is 0.324 e. The summed E-state index contributed by atoms with van der Waals surface area (Å²) in [7, 11) is 1.91. The molecule has 0 fully saturated rings. The third kappa shape index (κ3) is 6.26. The molecule has 3 rings (SSSR count). The average molecular weight is 425 g/mol. The number of likely N-dealkylation sites (N-methyl/N-ethyl adjacent to an activating group) is 2. The number of imidazole rings is 1. The van der Waals surface area contributed by atoms with Gasteiger partial charge in [0.05, 0.1) is 37.0 Å². The van der Waals surface area contributed by atoms with E-state index in [4.69, 9.17) is 0 Å². The summed E-state index contributed by atoms with van der Waals surface area (Å²) in [6, 6.07) is 3.48. The van der Waals surface area contributed by atoms with Crippen LogP contribution in [0.1, 0.15) is 42.8 Å². The maximum absolute atomic E-state index is 13.4. The van der Waals surface area contributed by atoms with E-state index in [1.165, 1.54) is 4.90 Å². The molecule has 0 saturated heterocycles. The van der Waals surface area contributed by atoms with Gasteiger partial charge >= 0.3 is 6.18 Å². The summed E-state index contributed by atoms with van der Waals surface area (Å²) in [5.74, 6) is 0. The standard InChI is InChI=1S/C21H31F3N6/c1-3-28(11-10-25-2)16-29-12-18(27-15-29)13-30(14-21(22,23)24)19-8-4-6-17-7-5-9-26-20(17)19/h5,7,9,12,15,19,25H,3-4,6,8,10-11,13-14,16H2,1-2H3. The summed E-state index contributed by atoms with van der Waals surface area (Å²) in [6.45, 7) is 4.60. The highest BCUT2D eigenvalue weighted by molar-refractivity contribution is 5.25. The van der Waals surface area contributed by atoms with E-state index in [-0.39, 0.29) is 12.6 Å². The van der Waals surface area contributed by atoms with Crippen LogP contribution in [0.5, 0.6) is 0 Å². The van der Waals surface area contributed by atoms with Gasteiger partial charge in [-0.25, -0.2) is 4.98 Å². The molecule has 0 amide bonds. The van der Waals surface area contributed by atoms with Gasteiger partial charge in [0.15, 0.2) is 0 Å². The topological polar surface area (TPSA) is 49.2 Å².